The molecule has 3 amide bonds. The summed E-state index contributed by atoms with van der Waals surface area (Å²) in [6.45, 7) is 5.99. The maximum absolute atomic E-state index is 14.1. The lowest BCUT2D eigenvalue weighted by atomic mass is 9.74. The Balaban J connectivity index is 1.26. The lowest BCUT2D eigenvalue weighted by Crippen LogP contribution is -2.57. The van der Waals surface area contributed by atoms with Gasteiger partial charge in [-0.3, -0.25) is 19.3 Å². The summed E-state index contributed by atoms with van der Waals surface area (Å²) in [4.78, 5) is 45.5. The molecule has 6 rings (SSSR count). The van der Waals surface area contributed by atoms with Gasteiger partial charge in [0.05, 0.1) is 31.2 Å². The quantitative estimate of drug-likeness (QED) is 0.531. The fourth-order valence-electron chi connectivity index (χ4n) is 6.97. The molecule has 9 heteroatoms. The van der Waals surface area contributed by atoms with Gasteiger partial charge < -0.3 is 25.0 Å². The van der Waals surface area contributed by atoms with Gasteiger partial charge in [-0.2, -0.15) is 0 Å². The van der Waals surface area contributed by atoms with E-state index in [0.29, 0.717) is 32.0 Å². The Morgan fingerprint density at radius 3 is 2.50 bits per heavy atom. The molecule has 1 spiro atoms. The zero-order valence-electron chi connectivity index (χ0n) is 22.1. The van der Waals surface area contributed by atoms with Crippen molar-refractivity contribution in [3.63, 3.8) is 0 Å². The lowest BCUT2D eigenvalue weighted by Gasteiger charge is -2.35. The zero-order chi connectivity index (χ0) is 26.3. The van der Waals surface area contributed by atoms with Gasteiger partial charge in [0.2, 0.25) is 17.7 Å². The second kappa shape index (κ2) is 10.4. The van der Waals surface area contributed by atoms with Crippen LogP contribution < -0.4 is 10.6 Å². The number of carbonyl (C=O) groups excluding carboxylic acids is 3. The number of nitrogens with one attached hydrogen (secondary N) is 2. The summed E-state index contributed by atoms with van der Waals surface area (Å²) in [6.07, 6.45) is 8.53. The van der Waals surface area contributed by atoms with Crippen molar-refractivity contribution in [2.24, 2.45) is 11.8 Å². The Kier molecular flexibility index (Phi) is 7.01. The molecule has 4 heterocycles. The Morgan fingerprint density at radius 1 is 1.03 bits per heavy atom. The average molecular weight is 523 g/mol. The van der Waals surface area contributed by atoms with Gasteiger partial charge in [0.15, 0.2) is 0 Å². The summed E-state index contributed by atoms with van der Waals surface area (Å²) < 4.78 is 11.9. The summed E-state index contributed by atoms with van der Waals surface area (Å²) >= 11 is 0. The minimum atomic E-state index is -1.12. The number of nitrogens with zero attached hydrogens (tertiary/aromatic N) is 2. The standard InChI is InChI=1S/C29H38N4O5/c1-19-7-9-21(10-8-19)30-26(34)23-22-11-12-29(38-22)24(23)28(36)33(14-13-32-15-17-37-18-16-32)25(29)27(35)31-20-5-3-2-4-6-20/h7-12,20,22-25H,2-6,13-18H2,1H3,(H,30,34)(H,31,35)/t22-,23+,24-,25-,29-/m1/s1. The second-order valence-corrected chi connectivity index (χ2v) is 11.4. The van der Waals surface area contributed by atoms with Gasteiger partial charge in [-0.05, 0) is 31.9 Å². The third-order valence-electron chi connectivity index (χ3n) is 8.96. The molecule has 4 fully saturated rings. The first-order chi connectivity index (χ1) is 18.5. The van der Waals surface area contributed by atoms with E-state index >= 15 is 0 Å². The van der Waals surface area contributed by atoms with Crippen molar-refractivity contribution in [3.8, 4) is 0 Å². The van der Waals surface area contributed by atoms with Crippen LogP contribution in [-0.4, -0.2) is 90.7 Å². The van der Waals surface area contributed by atoms with E-state index in [4.69, 9.17) is 9.47 Å². The molecule has 5 aliphatic rings. The molecule has 5 atom stereocenters. The van der Waals surface area contributed by atoms with Gasteiger partial charge in [0, 0.05) is 37.9 Å². The van der Waals surface area contributed by atoms with Gasteiger partial charge in [-0.25, -0.2) is 0 Å². The molecule has 1 saturated carbocycles. The summed E-state index contributed by atoms with van der Waals surface area (Å²) in [5.41, 5.74) is 0.658. The Hall–Kier alpha value is -2.75. The minimum absolute atomic E-state index is 0.117. The largest absolute Gasteiger partial charge is 0.379 e. The number of anilines is 1. The number of ether oxygens (including phenoxy) is 2. The van der Waals surface area contributed by atoms with Crippen LogP contribution in [-0.2, 0) is 23.9 Å². The highest BCUT2D eigenvalue weighted by molar-refractivity contribution is 6.02. The highest BCUT2D eigenvalue weighted by Gasteiger charge is 2.72. The van der Waals surface area contributed by atoms with Gasteiger partial charge >= 0.3 is 0 Å². The number of hydrogen-bond donors (Lipinski definition) is 2. The van der Waals surface area contributed by atoms with Crippen LogP contribution >= 0.6 is 0 Å². The second-order valence-electron chi connectivity index (χ2n) is 11.4. The molecule has 0 radical (unpaired) electrons. The first kappa shape index (κ1) is 25.5. The van der Waals surface area contributed by atoms with E-state index in [0.717, 1.165) is 44.3 Å². The van der Waals surface area contributed by atoms with E-state index in [2.05, 4.69) is 15.5 Å². The van der Waals surface area contributed by atoms with Crippen LogP contribution in [0, 0.1) is 18.8 Å². The highest BCUT2D eigenvalue weighted by Crippen LogP contribution is 2.55. The predicted octanol–water partition coefficient (Wildman–Crippen LogP) is 1.87. The Bertz CT molecular complexity index is 1090. The van der Waals surface area contributed by atoms with Crippen LogP contribution in [0.1, 0.15) is 37.7 Å². The minimum Gasteiger partial charge on any atom is -0.379 e. The SMILES string of the molecule is Cc1ccc(NC(=O)[C@H]2[C@H]3C=C[C@@]4(O3)[C@H]2C(=O)N(CCN2CCOCC2)[C@@H]4C(=O)NC2CCCCC2)cc1. The first-order valence-corrected chi connectivity index (χ1v) is 14.1. The molecule has 0 unspecified atom stereocenters. The summed E-state index contributed by atoms with van der Waals surface area (Å²) in [5, 5.41) is 6.24. The fraction of sp³-hybridized carbons (Fsp3) is 0.621. The molecule has 204 valence electrons. The molecule has 4 aliphatic heterocycles. The normalized spacial score (nSPS) is 33.0. The number of rotatable bonds is 7. The molecule has 1 aromatic rings. The number of likely N-dealkylation sites (tertiary alicyclic amines) is 1. The van der Waals surface area contributed by atoms with Crippen molar-refractivity contribution in [2.75, 3.05) is 44.7 Å². The summed E-state index contributed by atoms with van der Waals surface area (Å²) in [7, 11) is 0. The molecule has 1 aliphatic carbocycles. The van der Waals surface area contributed by atoms with Crippen LogP contribution in [0.25, 0.3) is 0 Å². The van der Waals surface area contributed by atoms with Crippen molar-refractivity contribution in [1.82, 2.24) is 15.1 Å². The van der Waals surface area contributed by atoms with Crippen molar-refractivity contribution in [2.45, 2.75) is 62.8 Å². The van der Waals surface area contributed by atoms with E-state index in [1.165, 1.54) is 6.42 Å². The van der Waals surface area contributed by atoms with Crippen LogP contribution in [0.3, 0.4) is 0 Å². The predicted molar refractivity (Wildman–Crippen MR) is 141 cm³/mol. The van der Waals surface area contributed by atoms with Crippen molar-refractivity contribution < 1.29 is 23.9 Å². The summed E-state index contributed by atoms with van der Waals surface area (Å²) in [5.74, 6) is -2.00. The molecular formula is C29H38N4O5. The smallest absolute Gasteiger partial charge is 0.246 e. The van der Waals surface area contributed by atoms with E-state index < -0.39 is 29.6 Å². The summed E-state index contributed by atoms with van der Waals surface area (Å²) in [6, 6.07) is 6.92. The van der Waals surface area contributed by atoms with Gasteiger partial charge in [0.25, 0.3) is 0 Å². The van der Waals surface area contributed by atoms with Crippen LogP contribution in [0.5, 0.6) is 0 Å². The van der Waals surface area contributed by atoms with E-state index in [1.807, 2.05) is 43.3 Å². The molecule has 2 N–H and O–H groups in total. The van der Waals surface area contributed by atoms with E-state index in [9.17, 15) is 14.4 Å². The fourth-order valence-corrected chi connectivity index (χ4v) is 6.97. The molecule has 38 heavy (non-hydrogen) atoms. The maximum Gasteiger partial charge on any atom is 0.246 e. The maximum atomic E-state index is 14.1. The Labute approximate surface area is 223 Å². The average Bonchev–Trinajstić information content (AvgIpc) is 3.57. The number of amides is 3. The molecule has 0 aromatic heterocycles. The van der Waals surface area contributed by atoms with Crippen molar-refractivity contribution >= 4 is 23.4 Å². The zero-order valence-corrected chi connectivity index (χ0v) is 22.1. The van der Waals surface area contributed by atoms with Gasteiger partial charge in [0.1, 0.15) is 11.6 Å². The number of morpholine rings is 1. The number of aryl methyl sites for hydroxylation is 1. The van der Waals surface area contributed by atoms with E-state index in [-0.39, 0.29) is 23.8 Å². The molecule has 3 saturated heterocycles. The number of hydrogen-bond acceptors (Lipinski definition) is 6. The number of carbonyl (C=O) groups is 3. The number of benzene rings is 1. The van der Waals surface area contributed by atoms with Crippen LogP contribution in [0.15, 0.2) is 36.4 Å². The first-order valence-electron chi connectivity index (χ1n) is 14.1. The Morgan fingerprint density at radius 2 is 1.76 bits per heavy atom. The van der Waals surface area contributed by atoms with Gasteiger partial charge in [-0.15, -0.1) is 0 Å². The molecule has 2 bridgehead atoms. The molecule has 9 nitrogen and oxygen atoms in total. The highest BCUT2D eigenvalue weighted by atomic mass is 16.5. The van der Waals surface area contributed by atoms with Gasteiger partial charge in [-0.1, -0.05) is 49.1 Å². The number of fused-ring (bicyclic) bond motifs is 1. The third kappa shape index (κ3) is 4.54. The topological polar surface area (TPSA) is 100 Å². The van der Waals surface area contributed by atoms with Crippen molar-refractivity contribution in [3.05, 3.63) is 42.0 Å². The molecule has 1 aromatic carbocycles. The third-order valence-corrected chi connectivity index (χ3v) is 8.96. The molecular weight excluding hydrogens is 484 g/mol. The van der Waals surface area contributed by atoms with Crippen LogP contribution in [0.4, 0.5) is 5.69 Å². The van der Waals surface area contributed by atoms with Crippen molar-refractivity contribution in [1.29, 1.82) is 0 Å². The monoisotopic (exact) mass is 522 g/mol. The van der Waals surface area contributed by atoms with Crippen LogP contribution in [0.2, 0.25) is 0 Å². The lowest BCUT2D eigenvalue weighted by molar-refractivity contribution is -0.141. The van der Waals surface area contributed by atoms with E-state index in [1.54, 1.807) is 4.90 Å².